The Labute approximate surface area is 124 Å². The van der Waals surface area contributed by atoms with Gasteiger partial charge in [0.05, 0.1) is 0 Å². The predicted octanol–water partition coefficient (Wildman–Crippen LogP) is 3.86. The predicted molar refractivity (Wildman–Crippen MR) is 87.4 cm³/mol. The summed E-state index contributed by atoms with van der Waals surface area (Å²) in [7, 11) is 0. The van der Waals surface area contributed by atoms with Crippen molar-refractivity contribution in [3.8, 4) is 0 Å². The lowest BCUT2D eigenvalue weighted by molar-refractivity contribution is 1.07. The number of hydrogen-bond donors (Lipinski definition) is 2. The first-order valence-corrected chi connectivity index (χ1v) is 6.98. The standard InChI is InChI=1S/C19H17N2/c20-14-16-8-10-17(11-9-16)18(19-7-4-12-21-19)13-15-5-2-1-3-6-15/h2-13,21H,14,20H2. The van der Waals surface area contributed by atoms with Crippen LogP contribution in [0.25, 0.3) is 11.6 Å². The molecule has 0 fully saturated rings. The molecule has 0 atom stereocenters. The van der Waals surface area contributed by atoms with Crippen LogP contribution >= 0.6 is 0 Å². The van der Waals surface area contributed by atoms with Gasteiger partial charge >= 0.3 is 0 Å². The molecule has 3 aromatic rings. The zero-order valence-corrected chi connectivity index (χ0v) is 11.7. The molecule has 3 rings (SSSR count). The Morgan fingerprint density at radius 2 is 1.81 bits per heavy atom. The van der Waals surface area contributed by atoms with E-state index in [0.717, 1.165) is 22.4 Å². The second kappa shape index (κ2) is 6.25. The first kappa shape index (κ1) is 13.4. The molecule has 2 heteroatoms. The summed E-state index contributed by atoms with van der Waals surface area (Å²) in [6.45, 7) is 0.566. The number of H-pyrrole nitrogens is 1. The zero-order valence-electron chi connectivity index (χ0n) is 11.7. The van der Waals surface area contributed by atoms with E-state index in [-0.39, 0.29) is 0 Å². The number of hydrogen-bond acceptors (Lipinski definition) is 1. The SMILES string of the molecule is NCc1ccc(C(=Cc2cc[c]cc2)c2ccc[nH]2)cc1. The number of aromatic nitrogens is 1. The van der Waals surface area contributed by atoms with Crippen molar-refractivity contribution in [1.82, 2.24) is 4.98 Å². The van der Waals surface area contributed by atoms with Crippen LogP contribution in [0.1, 0.15) is 22.4 Å². The molecule has 0 saturated heterocycles. The average Bonchev–Trinajstić information content (AvgIpc) is 3.08. The summed E-state index contributed by atoms with van der Waals surface area (Å²) in [6, 6.07) is 23.5. The lowest BCUT2D eigenvalue weighted by Crippen LogP contribution is -1.96. The molecular formula is C19H17N2. The van der Waals surface area contributed by atoms with E-state index >= 15 is 0 Å². The molecule has 2 nitrogen and oxygen atoms in total. The van der Waals surface area contributed by atoms with Crippen molar-refractivity contribution in [2.75, 3.05) is 0 Å². The summed E-state index contributed by atoms with van der Waals surface area (Å²) < 4.78 is 0. The lowest BCUT2D eigenvalue weighted by atomic mass is 9.99. The summed E-state index contributed by atoms with van der Waals surface area (Å²) in [5.41, 5.74) is 11.4. The Balaban J connectivity index is 2.06. The van der Waals surface area contributed by atoms with E-state index in [0.29, 0.717) is 6.54 Å². The van der Waals surface area contributed by atoms with Gasteiger partial charge in [-0.3, -0.25) is 0 Å². The van der Waals surface area contributed by atoms with Crippen molar-refractivity contribution in [2.45, 2.75) is 6.54 Å². The van der Waals surface area contributed by atoms with Gasteiger partial charge in [-0.1, -0.05) is 48.5 Å². The fraction of sp³-hybridized carbons (Fsp3) is 0.0526. The van der Waals surface area contributed by atoms with Crippen LogP contribution in [0.4, 0.5) is 0 Å². The molecule has 3 N–H and O–H groups in total. The van der Waals surface area contributed by atoms with E-state index in [4.69, 9.17) is 5.73 Å². The van der Waals surface area contributed by atoms with Crippen molar-refractivity contribution in [1.29, 1.82) is 0 Å². The highest BCUT2D eigenvalue weighted by atomic mass is 14.7. The number of nitrogens with two attached hydrogens (primary N) is 1. The second-order valence-electron chi connectivity index (χ2n) is 4.88. The Kier molecular flexibility index (Phi) is 3.99. The molecule has 0 aliphatic carbocycles. The van der Waals surface area contributed by atoms with Gasteiger partial charge in [0.25, 0.3) is 0 Å². The highest BCUT2D eigenvalue weighted by molar-refractivity contribution is 5.90. The van der Waals surface area contributed by atoms with Crippen LogP contribution in [0.3, 0.4) is 0 Å². The monoisotopic (exact) mass is 273 g/mol. The maximum absolute atomic E-state index is 5.67. The fourth-order valence-corrected chi connectivity index (χ4v) is 2.30. The lowest BCUT2D eigenvalue weighted by Gasteiger charge is -2.08. The van der Waals surface area contributed by atoms with Gasteiger partial charge in [0.15, 0.2) is 0 Å². The van der Waals surface area contributed by atoms with Gasteiger partial charge in [-0.25, -0.2) is 0 Å². The minimum atomic E-state index is 0.566. The Morgan fingerprint density at radius 1 is 1.05 bits per heavy atom. The first-order chi connectivity index (χ1) is 10.4. The van der Waals surface area contributed by atoms with Crippen LogP contribution in [0.5, 0.6) is 0 Å². The Bertz CT molecular complexity index is 708. The minimum Gasteiger partial charge on any atom is -0.361 e. The molecule has 0 spiro atoms. The summed E-state index contributed by atoms with van der Waals surface area (Å²) in [5, 5.41) is 0. The molecule has 0 aliphatic rings. The average molecular weight is 273 g/mol. The van der Waals surface area contributed by atoms with E-state index in [9.17, 15) is 0 Å². The van der Waals surface area contributed by atoms with Gasteiger partial charge in [0.1, 0.15) is 0 Å². The van der Waals surface area contributed by atoms with E-state index < -0.39 is 0 Å². The first-order valence-electron chi connectivity index (χ1n) is 6.98. The highest BCUT2D eigenvalue weighted by Crippen LogP contribution is 2.25. The van der Waals surface area contributed by atoms with E-state index in [1.807, 2.05) is 24.4 Å². The third-order valence-electron chi connectivity index (χ3n) is 3.44. The molecule has 0 saturated carbocycles. The highest BCUT2D eigenvalue weighted by Gasteiger charge is 2.06. The van der Waals surface area contributed by atoms with Crippen LogP contribution in [-0.2, 0) is 6.54 Å². The zero-order chi connectivity index (χ0) is 14.5. The molecule has 0 unspecified atom stereocenters. The topological polar surface area (TPSA) is 41.8 Å². The third kappa shape index (κ3) is 3.12. The maximum Gasteiger partial charge on any atom is 0.0460 e. The summed E-state index contributed by atoms with van der Waals surface area (Å²) in [5.74, 6) is 0. The molecule has 1 aromatic heterocycles. The van der Waals surface area contributed by atoms with Crippen molar-refractivity contribution in [2.24, 2.45) is 5.73 Å². The van der Waals surface area contributed by atoms with Crippen molar-refractivity contribution >= 4 is 11.6 Å². The van der Waals surface area contributed by atoms with Gasteiger partial charge in [0, 0.05) is 24.0 Å². The number of benzene rings is 2. The number of nitrogens with one attached hydrogen (secondary N) is 1. The molecule has 0 amide bonds. The largest absolute Gasteiger partial charge is 0.361 e. The van der Waals surface area contributed by atoms with Gasteiger partial charge in [-0.05, 0) is 41.0 Å². The van der Waals surface area contributed by atoms with Crippen LogP contribution in [0.15, 0.2) is 66.9 Å². The van der Waals surface area contributed by atoms with Crippen molar-refractivity contribution in [3.63, 3.8) is 0 Å². The van der Waals surface area contributed by atoms with Crippen LogP contribution in [-0.4, -0.2) is 4.98 Å². The molecule has 0 aliphatic heterocycles. The second-order valence-corrected chi connectivity index (χ2v) is 4.88. The molecule has 1 radical (unpaired) electrons. The molecule has 1 heterocycles. The smallest absolute Gasteiger partial charge is 0.0460 e. The minimum absolute atomic E-state index is 0.566. The van der Waals surface area contributed by atoms with E-state index in [1.165, 1.54) is 5.56 Å². The molecule has 21 heavy (non-hydrogen) atoms. The van der Waals surface area contributed by atoms with Gasteiger partial charge in [0.2, 0.25) is 0 Å². The van der Waals surface area contributed by atoms with Gasteiger partial charge in [-0.2, -0.15) is 0 Å². The van der Waals surface area contributed by atoms with Crippen molar-refractivity contribution in [3.05, 3.63) is 95.3 Å². The van der Waals surface area contributed by atoms with Crippen LogP contribution in [0.2, 0.25) is 0 Å². The van der Waals surface area contributed by atoms with Crippen LogP contribution < -0.4 is 5.73 Å². The molecule has 2 aromatic carbocycles. The van der Waals surface area contributed by atoms with E-state index in [1.54, 1.807) is 0 Å². The quantitative estimate of drug-likeness (QED) is 0.696. The normalized spacial score (nSPS) is 11.6. The fourth-order valence-electron chi connectivity index (χ4n) is 2.30. The Hall–Kier alpha value is -2.58. The van der Waals surface area contributed by atoms with E-state index in [2.05, 4.69) is 59.6 Å². The Morgan fingerprint density at radius 3 is 2.43 bits per heavy atom. The number of aromatic amines is 1. The summed E-state index contributed by atoms with van der Waals surface area (Å²) in [6.07, 6.45) is 4.12. The van der Waals surface area contributed by atoms with Gasteiger partial charge in [-0.15, -0.1) is 0 Å². The van der Waals surface area contributed by atoms with Crippen LogP contribution in [0, 0.1) is 6.07 Å². The van der Waals surface area contributed by atoms with Gasteiger partial charge < -0.3 is 10.7 Å². The third-order valence-corrected chi connectivity index (χ3v) is 3.44. The molecule has 0 bridgehead atoms. The maximum atomic E-state index is 5.67. The number of rotatable bonds is 4. The summed E-state index contributed by atoms with van der Waals surface area (Å²) in [4.78, 5) is 3.28. The van der Waals surface area contributed by atoms with Crippen molar-refractivity contribution < 1.29 is 0 Å². The molecular weight excluding hydrogens is 256 g/mol. The molecule has 103 valence electrons. The summed E-state index contributed by atoms with van der Waals surface area (Å²) >= 11 is 0.